The summed E-state index contributed by atoms with van der Waals surface area (Å²) in [6.07, 6.45) is 1.75. The third kappa shape index (κ3) is 4.76. The molecule has 0 saturated carbocycles. The van der Waals surface area contributed by atoms with Crippen molar-refractivity contribution in [3.8, 4) is 11.4 Å². The summed E-state index contributed by atoms with van der Waals surface area (Å²) in [5.41, 5.74) is 2.73. The summed E-state index contributed by atoms with van der Waals surface area (Å²) in [6.45, 7) is 6.52. The maximum absolute atomic E-state index is 12.1. The molecule has 0 unspecified atom stereocenters. The van der Waals surface area contributed by atoms with Crippen LogP contribution in [0.15, 0.2) is 47.8 Å². The Labute approximate surface area is 174 Å². The zero-order valence-electron chi connectivity index (χ0n) is 17.3. The zero-order chi connectivity index (χ0) is 21.2. The summed E-state index contributed by atoms with van der Waals surface area (Å²) >= 11 is 1.24. The molecular weight excluding hydrogens is 386 g/mol. The molecule has 0 spiro atoms. The second-order valence-electron chi connectivity index (χ2n) is 7.86. The van der Waals surface area contributed by atoms with Crippen LogP contribution in [0.3, 0.4) is 0 Å². The Bertz CT molecular complexity index is 1030. The van der Waals surface area contributed by atoms with Gasteiger partial charge in [0.2, 0.25) is 5.91 Å². The first kappa shape index (κ1) is 20.9. The Balaban J connectivity index is 1.63. The van der Waals surface area contributed by atoms with Crippen LogP contribution in [0, 0.1) is 0 Å². The first-order valence-electron chi connectivity index (χ1n) is 9.25. The van der Waals surface area contributed by atoms with Gasteiger partial charge in [0, 0.05) is 25.9 Å². The van der Waals surface area contributed by atoms with Gasteiger partial charge in [0.15, 0.2) is 11.0 Å². The van der Waals surface area contributed by atoms with Crippen molar-refractivity contribution in [3.05, 3.63) is 53.9 Å². The molecule has 8 heteroatoms. The average molecular weight is 412 g/mol. The van der Waals surface area contributed by atoms with Crippen molar-refractivity contribution in [1.82, 2.24) is 24.6 Å². The maximum Gasteiger partial charge on any atom is 0.274 e. The van der Waals surface area contributed by atoms with Crippen LogP contribution in [-0.2, 0) is 24.3 Å². The number of aromatic nitrogens is 4. The minimum Gasteiger partial charge on any atom is -0.347 e. The van der Waals surface area contributed by atoms with E-state index in [1.54, 1.807) is 29.9 Å². The predicted molar refractivity (Wildman–Crippen MR) is 114 cm³/mol. The normalized spacial score (nSPS) is 11.5. The first-order chi connectivity index (χ1) is 13.7. The molecule has 0 fully saturated rings. The van der Waals surface area contributed by atoms with E-state index in [0.29, 0.717) is 10.9 Å². The van der Waals surface area contributed by atoms with Gasteiger partial charge < -0.3 is 9.13 Å². The Morgan fingerprint density at radius 3 is 2.34 bits per heavy atom. The van der Waals surface area contributed by atoms with Crippen molar-refractivity contribution in [2.45, 2.75) is 31.3 Å². The monoisotopic (exact) mass is 411 g/mol. The van der Waals surface area contributed by atoms with Crippen LogP contribution < -0.4 is 5.32 Å². The van der Waals surface area contributed by atoms with Crippen LogP contribution in [0.4, 0.5) is 0 Å². The van der Waals surface area contributed by atoms with E-state index in [1.165, 1.54) is 17.3 Å². The van der Waals surface area contributed by atoms with E-state index in [0.717, 1.165) is 11.4 Å². The molecule has 2 heterocycles. The maximum atomic E-state index is 12.1. The highest BCUT2D eigenvalue weighted by Crippen LogP contribution is 2.26. The largest absolute Gasteiger partial charge is 0.347 e. The topological polar surface area (TPSA) is 81.8 Å². The summed E-state index contributed by atoms with van der Waals surface area (Å²) in [5.74, 6) is 0.0136. The molecule has 1 aromatic carbocycles. The number of amides is 2. The third-order valence-electron chi connectivity index (χ3n) is 4.61. The van der Waals surface area contributed by atoms with Gasteiger partial charge in [-0.05, 0) is 23.1 Å². The molecular formula is C21H25N5O2S. The van der Waals surface area contributed by atoms with Crippen molar-refractivity contribution in [1.29, 1.82) is 0 Å². The molecule has 0 bridgehead atoms. The SMILES string of the molecule is Cn1cccc1C(=O)NC(=O)CSc1nnc(-c2ccc(C(C)(C)C)cc2)n1C. The fourth-order valence-corrected chi connectivity index (χ4v) is 3.58. The summed E-state index contributed by atoms with van der Waals surface area (Å²) in [4.78, 5) is 24.2. The van der Waals surface area contributed by atoms with Crippen LogP contribution in [0.2, 0.25) is 0 Å². The zero-order valence-corrected chi connectivity index (χ0v) is 18.1. The molecule has 29 heavy (non-hydrogen) atoms. The van der Waals surface area contributed by atoms with Gasteiger partial charge in [-0.2, -0.15) is 0 Å². The third-order valence-corrected chi connectivity index (χ3v) is 5.63. The van der Waals surface area contributed by atoms with Gasteiger partial charge in [0.25, 0.3) is 5.91 Å². The lowest BCUT2D eigenvalue weighted by molar-refractivity contribution is -0.117. The van der Waals surface area contributed by atoms with E-state index in [1.807, 2.05) is 23.7 Å². The second kappa shape index (κ2) is 8.24. The highest BCUT2D eigenvalue weighted by atomic mass is 32.2. The first-order valence-corrected chi connectivity index (χ1v) is 10.2. The van der Waals surface area contributed by atoms with Crippen molar-refractivity contribution < 1.29 is 9.59 Å². The number of carbonyl (C=O) groups is 2. The van der Waals surface area contributed by atoms with E-state index in [2.05, 4.69) is 48.4 Å². The smallest absolute Gasteiger partial charge is 0.274 e. The lowest BCUT2D eigenvalue weighted by atomic mass is 9.87. The van der Waals surface area contributed by atoms with E-state index in [-0.39, 0.29) is 17.1 Å². The van der Waals surface area contributed by atoms with Gasteiger partial charge in [-0.15, -0.1) is 10.2 Å². The lowest BCUT2D eigenvalue weighted by Crippen LogP contribution is -2.33. The van der Waals surface area contributed by atoms with Crippen LogP contribution in [0.25, 0.3) is 11.4 Å². The van der Waals surface area contributed by atoms with Crippen molar-refractivity contribution in [2.24, 2.45) is 14.1 Å². The summed E-state index contributed by atoms with van der Waals surface area (Å²) < 4.78 is 3.51. The molecule has 152 valence electrons. The lowest BCUT2D eigenvalue weighted by Gasteiger charge is -2.19. The quantitative estimate of drug-likeness (QED) is 0.652. The van der Waals surface area contributed by atoms with Crippen LogP contribution in [-0.4, -0.2) is 36.9 Å². The highest BCUT2D eigenvalue weighted by molar-refractivity contribution is 7.99. The average Bonchev–Trinajstić information content (AvgIpc) is 3.25. The number of nitrogens with zero attached hydrogens (tertiary/aromatic N) is 4. The molecule has 3 aromatic rings. The van der Waals surface area contributed by atoms with Gasteiger partial charge in [-0.25, -0.2) is 0 Å². The van der Waals surface area contributed by atoms with Crippen LogP contribution >= 0.6 is 11.8 Å². The number of carbonyl (C=O) groups excluding carboxylic acids is 2. The van der Waals surface area contributed by atoms with Crippen molar-refractivity contribution in [2.75, 3.05) is 5.75 Å². The fraction of sp³-hybridized carbons (Fsp3) is 0.333. The highest BCUT2D eigenvalue weighted by Gasteiger charge is 2.17. The van der Waals surface area contributed by atoms with Gasteiger partial charge >= 0.3 is 0 Å². The number of benzene rings is 1. The number of rotatable bonds is 5. The summed E-state index contributed by atoms with van der Waals surface area (Å²) in [5, 5.41) is 11.5. The molecule has 0 saturated heterocycles. The second-order valence-corrected chi connectivity index (χ2v) is 8.81. The van der Waals surface area contributed by atoms with Crippen LogP contribution in [0.1, 0.15) is 36.8 Å². The Kier molecular flexibility index (Phi) is 5.93. The minimum absolute atomic E-state index is 0.0745. The number of hydrogen-bond donors (Lipinski definition) is 1. The van der Waals surface area contributed by atoms with Crippen molar-refractivity contribution in [3.63, 3.8) is 0 Å². The molecule has 0 aliphatic carbocycles. The Morgan fingerprint density at radius 1 is 1.07 bits per heavy atom. The molecule has 0 aliphatic rings. The molecule has 0 atom stereocenters. The number of aryl methyl sites for hydroxylation is 1. The molecule has 0 radical (unpaired) electrons. The number of imide groups is 1. The molecule has 7 nitrogen and oxygen atoms in total. The number of nitrogens with one attached hydrogen (secondary N) is 1. The van der Waals surface area contributed by atoms with E-state index < -0.39 is 5.91 Å². The molecule has 0 aliphatic heterocycles. The van der Waals surface area contributed by atoms with Gasteiger partial charge in [0.1, 0.15) is 5.69 Å². The molecule has 2 aromatic heterocycles. The van der Waals surface area contributed by atoms with Crippen LogP contribution in [0.5, 0.6) is 0 Å². The van der Waals surface area contributed by atoms with Gasteiger partial charge in [-0.1, -0.05) is 56.8 Å². The predicted octanol–water partition coefficient (Wildman–Crippen LogP) is 3.17. The molecule has 1 N–H and O–H groups in total. The standard InChI is InChI=1S/C21H25N5O2S/c1-21(2,3)15-10-8-14(9-11-15)18-23-24-20(26(18)5)29-13-17(27)22-19(28)16-7-6-12-25(16)4/h6-12H,13H2,1-5H3,(H,22,27,28). The van der Waals surface area contributed by atoms with Gasteiger partial charge in [0.05, 0.1) is 5.75 Å². The minimum atomic E-state index is -0.416. The van der Waals surface area contributed by atoms with E-state index in [4.69, 9.17) is 0 Å². The van der Waals surface area contributed by atoms with Crippen molar-refractivity contribution >= 4 is 23.6 Å². The Hall–Kier alpha value is -2.87. The molecule has 3 rings (SSSR count). The summed E-state index contributed by atoms with van der Waals surface area (Å²) in [6, 6.07) is 11.7. The fourth-order valence-electron chi connectivity index (χ4n) is 2.87. The van der Waals surface area contributed by atoms with E-state index >= 15 is 0 Å². The Morgan fingerprint density at radius 2 is 1.76 bits per heavy atom. The van der Waals surface area contributed by atoms with E-state index in [9.17, 15) is 9.59 Å². The number of hydrogen-bond acceptors (Lipinski definition) is 5. The number of thioether (sulfide) groups is 1. The summed E-state index contributed by atoms with van der Waals surface area (Å²) in [7, 11) is 3.62. The molecule has 2 amide bonds. The van der Waals surface area contributed by atoms with Gasteiger partial charge in [-0.3, -0.25) is 14.9 Å².